The van der Waals surface area contributed by atoms with Crippen molar-refractivity contribution in [3.63, 3.8) is 0 Å². The van der Waals surface area contributed by atoms with Gasteiger partial charge in [0.2, 0.25) is 11.9 Å². The number of nitrogens with one attached hydrogen (secondary N) is 2. The summed E-state index contributed by atoms with van der Waals surface area (Å²) in [7, 11) is 0. The quantitative estimate of drug-likeness (QED) is 0.471. The van der Waals surface area contributed by atoms with Gasteiger partial charge in [-0.2, -0.15) is 18.2 Å². The van der Waals surface area contributed by atoms with Crippen molar-refractivity contribution in [1.82, 2.24) is 19.9 Å². The van der Waals surface area contributed by atoms with E-state index in [2.05, 4.69) is 25.3 Å². The highest BCUT2D eigenvalue weighted by Crippen LogP contribution is 2.26. The molecule has 2 heterocycles. The minimum atomic E-state index is -5.20. The molecule has 0 saturated carbocycles. The van der Waals surface area contributed by atoms with Gasteiger partial charge in [-0.1, -0.05) is 27.7 Å². The summed E-state index contributed by atoms with van der Waals surface area (Å²) in [5.74, 6) is -3.61. The first-order valence-corrected chi connectivity index (χ1v) is 10.9. The average Bonchev–Trinajstić information content (AvgIpc) is 2.81. The maximum absolute atomic E-state index is 13.3. The number of benzene rings is 1. The van der Waals surface area contributed by atoms with E-state index in [-0.39, 0.29) is 51.7 Å². The zero-order valence-corrected chi connectivity index (χ0v) is 19.8. The number of nitrogens with zero attached hydrogens (tertiary/aromatic N) is 4. The Morgan fingerprint density at radius 3 is 2.22 bits per heavy atom. The van der Waals surface area contributed by atoms with Crippen LogP contribution < -0.4 is 15.8 Å². The second-order valence-electron chi connectivity index (χ2n) is 8.55. The van der Waals surface area contributed by atoms with Gasteiger partial charge in [0.1, 0.15) is 0 Å². The Kier molecular flexibility index (Phi) is 7.51. The summed E-state index contributed by atoms with van der Waals surface area (Å²) in [5, 5.41) is 2.42. The number of amides is 2. The van der Waals surface area contributed by atoms with Crippen molar-refractivity contribution in [1.29, 1.82) is 0 Å². The maximum Gasteiger partial charge on any atom is 0.471 e. The van der Waals surface area contributed by atoms with Crippen molar-refractivity contribution in [2.75, 3.05) is 10.2 Å². The molecule has 36 heavy (non-hydrogen) atoms. The van der Waals surface area contributed by atoms with Crippen molar-refractivity contribution in [3.8, 4) is 0 Å². The van der Waals surface area contributed by atoms with E-state index in [4.69, 9.17) is 0 Å². The van der Waals surface area contributed by atoms with Gasteiger partial charge >= 0.3 is 12.1 Å². The molecular weight excluding hydrogens is 481 g/mol. The van der Waals surface area contributed by atoms with Crippen molar-refractivity contribution in [2.45, 2.75) is 40.4 Å². The van der Waals surface area contributed by atoms with Crippen LogP contribution in [0.15, 0.2) is 35.3 Å². The van der Waals surface area contributed by atoms with Crippen LogP contribution in [-0.4, -0.2) is 43.7 Å². The number of fused-ring (bicyclic) bond motifs is 1. The lowest BCUT2D eigenvalue weighted by Crippen LogP contribution is -2.41. The summed E-state index contributed by atoms with van der Waals surface area (Å²) in [6, 6.07) is 5.13. The van der Waals surface area contributed by atoms with Crippen LogP contribution in [0.3, 0.4) is 0 Å². The number of aromatic amines is 1. The van der Waals surface area contributed by atoms with Crippen LogP contribution in [0.2, 0.25) is 0 Å². The van der Waals surface area contributed by atoms with Crippen molar-refractivity contribution in [2.24, 2.45) is 11.8 Å². The molecule has 3 rings (SSSR count). The summed E-state index contributed by atoms with van der Waals surface area (Å²) < 4.78 is 40.0. The van der Waals surface area contributed by atoms with E-state index in [1.54, 1.807) is 27.7 Å². The predicted molar refractivity (Wildman–Crippen MR) is 124 cm³/mol. The molecule has 2 N–H and O–H groups in total. The molecule has 0 aliphatic rings. The smallest absolute Gasteiger partial charge is 0.299 e. The molecule has 10 nitrogen and oxygen atoms in total. The first kappa shape index (κ1) is 26.4. The Hall–Kier alpha value is -4.16. The Labute approximate surface area is 203 Å². The van der Waals surface area contributed by atoms with E-state index in [0.29, 0.717) is 4.90 Å². The number of H-pyrrole nitrogens is 1. The van der Waals surface area contributed by atoms with Crippen LogP contribution >= 0.6 is 0 Å². The molecule has 0 bridgehead atoms. The molecule has 0 spiro atoms. The SMILES string of the molecule is CC(C)C(=O)Nc1nc2ncc(CN(C(=O)C(F)(F)F)c3ccc(C(=O)C(C)C)cc3)nc2c(=O)[nH]1. The molecule has 2 aromatic heterocycles. The maximum atomic E-state index is 13.3. The van der Waals surface area contributed by atoms with E-state index in [9.17, 15) is 32.3 Å². The zero-order chi connectivity index (χ0) is 26.8. The number of hydrogen-bond acceptors (Lipinski definition) is 7. The first-order chi connectivity index (χ1) is 16.8. The van der Waals surface area contributed by atoms with Gasteiger partial charge in [0.15, 0.2) is 16.9 Å². The predicted octanol–water partition coefficient (Wildman–Crippen LogP) is 3.24. The number of aromatic nitrogens is 4. The van der Waals surface area contributed by atoms with Crippen molar-refractivity contribution in [3.05, 3.63) is 52.1 Å². The van der Waals surface area contributed by atoms with Gasteiger partial charge in [0.25, 0.3) is 5.56 Å². The van der Waals surface area contributed by atoms with E-state index >= 15 is 0 Å². The van der Waals surface area contributed by atoms with Gasteiger partial charge in [0, 0.05) is 23.1 Å². The molecule has 0 radical (unpaired) electrons. The fourth-order valence-electron chi connectivity index (χ4n) is 3.08. The zero-order valence-electron chi connectivity index (χ0n) is 19.8. The van der Waals surface area contributed by atoms with Crippen LogP contribution in [-0.2, 0) is 16.1 Å². The second kappa shape index (κ2) is 10.2. The molecule has 0 aliphatic carbocycles. The number of Topliss-reactive ketones (excluding diaryl/α,β-unsaturated/α-hetero) is 1. The Bertz CT molecular complexity index is 1370. The third-order valence-corrected chi connectivity index (χ3v) is 5.03. The Balaban J connectivity index is 1.96. The lowest BCUT2D eigenvalue weighted by atomic mass is 10.0. The number of carbonyl (C=O) groups is 3. The number of halogens is 3. The van der Waals surface area contributed by atoms with E-state index in [1.807, 2.05) is 0 Å². The second-order valence-corrected chi connectivity index (χ2v) is 8.55. The standard InChI is InChI=1S/C23H23F3N6O4/c1-11(2)17(33)13-5-7-15(8-6-13)32(21(36)23(24,25)26)10-14-9-27-18-16(28-14)20(35)31-22(29-18)30-19(34)12(3)4/h5-9,11-12H,10H2,1-4H3,(H2,27,29,30,31,34,35). The third-order valence-electron chi connectivity index (χ3n) is 5.03. The average molecular weight is 504 g/mol. The van der Waals surface area contributed by atoms with Gasteiger partial charge in [-0.25, -0.2) is 9.97 Å². The molecule has 0 aliphatic heterocycles. The van der Waals surface area contributed by atoms with Crippen LogP contribution in [0.25, 0.3) is 11.2 Å². The molecule has 0 saturated heterocycles. The van der Waals surface area contributed by atoms with Crippen LogP contribution in [0.4, 0.5) is 24.8 Å². The van der Waals surface area contributed by atoms with Crippen LogP contribution in [0.1, 0.15) is 43.7 Å². The summed E-state index contributed by atoms with van der Waals surface area (Å²) >= 11 is 0. The molecule has 1 aromatic carbocycles. The molecule has 190 valence electrons. The summed E-state index contributed by atoms with van der Waals surface area (Å²) in [4.78, 5) is 63.4. The highest BCUT2D eigenvalue weighted by Gasteiger charge is 2.43. The highest BCUT2D eigenvalue weighted by molar-refractivity contribution is 6.00. The Morgan fingerprint density at radius 1 is 1.03 bits per heavy atom. The lowest BCUT2D eigenvalue weighted by molar-refractivity contribution is -0.170. The van der Waals surface area contributed by atoms with Gasteiger partial charge in [-0.15, -0.1) is 0 Å². The summed E-state index contributed by atoms with van der Waals surface area (Å²) in [6.07, 6.45) is -4.12. The van der Waals surface area contributed by atoms with Gasteiger partial charge in [-0.3, -0.25) is 34.4 Å². The Morgan fingerprint density at radius 2 is 1.67 bits per heavy atom. The third kappa shape index (κ3) is 5.90. The largest absolute Gasteiger partial charge is 0.471 e. The number of rotatable bonds is 7. The van der Waals surface area contributed by atoms with Gasteiger partial charge < -0.3 is 0 Å². The molecule has 0 unspecified atom stereocenters. The van der Waals surface area contributed by atoms with E-state index in [1.165, 1.54) is 24.3 Å². The lowest BCUT2D eigenvalue weighted by Gasteiger charge is -2.23. The number of anilines is 2. The van der Waals surface area contributed by atoms with Crippen LogP contribution in [0, 0.1) is 11.8 Å². The van der Waals surface area contributed by atoms with Crippen molar-refractivity contribution >= 4 is 40.4 Å². The normalized spacial score (nSPS) is 11.7. The number of ketones is 1. The number of alkyl halides is 3. The fraction of sp³-hybridized carbons (Fsp3) is 0.348. The van der Waals surface area contributed by atoms with Crippen LogP contribution in [0.5, 0.6) is 0 Å². The molecule has 13 heteroatoms. The topological polar surface area (TPSA) is 138 Å². The van der Waals surface area contributed by atoms with Crippen molar-refractivity contribution < 1.29 is 27.6 Å². The molecular formula is C23H23F3N6O4. The molecule has 0 fully saturated rings. The molecule has 3 aromatic rings. The molecule has 0 atom stereocenters. The highest BCUT2D eigenvalue weighted by atomic mass is 19.4. The molecule has 2 amide bonds. The van der Waals surface area contributed by atoms with Gasteiger partial charge in [0.05, 0.1) is 18.4 Å². The monoisotopic (exact) mass is 504 g/mol. The number of carbonyl (C=O) groups excluding carboxylic acids is 3. The van der Waals surface area contributed by atoms with E-state index in [0.717, 1.165) is 6.20 Å². The fourth-order valence-corrected chi connectivity index (χ4v) is 3.08. The summed E-state index contributed by atoms with van der Waals surface area (Å²) in [6.45, 7) is 6.00. The van der Waals surface area contributed by atoms with Gasteiger partial charge in [-0.05, 0) is 24.3 Å². The minimum Gasteiger partial charge on any atom is -0.299 e. The van der Waals surface area contributed by atoms with E-state index < -0.39 is 30.1 Å². The first-order valence-electron chi connectivity index (χ1n) is 10.9. The minimum absolute atomic E-state index is 0.117. The summed E-state index contributed by atoms with van der Waals surface area (Å²) in [5.41, 5.74) is -1.17. The number of hydrogen-bond donors (Lipinski definition) is 2.